The summed E-state index contributed by atoms with van der Waals surface area (Å²) in [5.41, 5.74) is -0.129. The molecule has 1 aromatic carbocycles. The number of nitro groups is 1. The second-order valence-electron chi connectivity index (χ2n) is 5.70. The van der Waals surface area contributed by atoms with Gasteiger partial charge in [0.05, 0.1) is 4.92 Å². The van der Waals surface area contributed by atoms with Gasteiger partial charge in [-0.2, -0.15) is 0 Å². The Morgan fingerprint density at radius 3 is 2.33 bits per heavy atom. The van der Waals surface area contributed by atoms with Gasteiger partial charge < -0.3 is 5.32 Å². The maximum atomic E-state index is 11.7. The number of anilines is 1. The molecule has 0 amide bonds. The van der Waals surface area contributed by atoms with E-state index in [0.717, 1.165) is 19.1 Å². The zero-order chi connectivity index (χ0) is 16.2. The predicted octanol–water partition coefficient (Wildman–Crippen LogP) is 3.23. The van der Waals surface area contributed by atoms with E-state index in [9.17, 15) is 18.5 Å². The van der Waals surface area contributed by atoms with Gasteiger partial charge in [-0.05, 0) is 37.8 Å². The number of hydrogen-bond donors (Lipinski definition) is 1. The highest BCUT2D eigenvalue weighted by atomic mass is 32.2. The molecule has 7 heteroatoms. The molecule has 0 fully saturated rings. The quantitative estimate of drug-likeness (QED) is 0.616. The second kappa shape index (κ2) is 6.89. The molecule has 1 N–H and O–H groups in total. The number of benzene rings is 1. The second-order valence-corrected chi connectivity index (χ2v) is 7.68. The van der Waals surface area contributed by atoms with E-state index in [0.29, 0.717) is 5.92 Å². The van der Waals surface area contributed by atoms with Gasteiger partial charge in [0.1, 0.15) is 10.6 Å². The van der Waals surface area contributed by atoms with Gasteiger partial charge in [0.15, 0.2) is 9.84 Å². The summed E-state index contributed by atoms with van der Waals surface area (Å²) in [6.45, 7) is 6.15. The molecule has 1 atom stereocenters. The van der Waals surface area contributed by atoms with Crippen molar-refractivity contribution in [2.75, 3.05) is 11.6 Å². The summed E-state index contributed by atoms with van der Waals surface area (Å²) in [4.78, 5) is 10.3. The number of sulfone groups is 1. The van der Waals surface area contributed by atoms with Crippen molar-refractivity contribution in [1.82, 2.24) is 0 Å². The van der Waals surface area contributed by atoms with Crippen LogP contribution in [-0.2, 0) is 9.84 Å². The molecule has 0 saturated carbocycles. The van der Waals surface area contributed by atoms with E-state index in [4.69, 9.17) is 0 Å². The van der Waals surface area contributed by atoms with E-state index in [1.807, 2.05) is 6.92 Å². The monoisotopic (exact) mass is 314 g/mol. The Kier molecular flexibility index (Phi) is 5.71. The number of nitrogens with zero attached hydrogens (tertiary/aromatic N) is 1. The van der Waals surface area contributed by atoms with Crippen molar-refractivity contribution in [2.24, 2.45) is 5.92 Å². The van der Waals surface area contributed by atoms with Crippen molar-refractivity contribution in [2.45, 2.75) is 44.6 Å². The number of hydrogen-bond acceptors (Lipinski definition) is 5. The van der Waals surface area contributed by atoms with Crippen LogP contribution in [0.25, 0.3) is 0 Å². The maximum absolute atomic E-state index is 11.7. The molecule has 0 aromatic heterocycles. The van der Waals surface area contributed by atoms with E-state index in [1.54, 1.807) is 6.07 Å². The third kappa shape index (κ3) is 5.00. The van der Waals surface area contributed by atoms with Crippen LogP contribution in [-0.4, -0.2) is 25.6 Å². The summed E-state index contributed by atoms with van der Waals surface area (Å²) in [6.07, 6.45) is 2.83. The summed E-state index contributed by atoms with van der Waals surface area (Å²) in [5, 5.41) is 14.3. The van der Waals surface area contributed by atoms with Gasteiger partial charge in [-0.1, -0.05) is 19.9 Å². The fraction of sp³-hybridized carbons (Fsp3) is 0.571. The third-order valence-electron chi connectivity index (χ3n) is 3.16. The van der Waals surface area contributed by atoms with Gasteiger partial charge in [0, 0.05) is 12.3 Å². The maximum Gasteiger partial charge on any atom is 0.310 e. The van der Waals surface area contributed by atoms with Gasteiger partial charge in [-0.3, -0.25) is 10.1 Å². The predicted molar refractivity (Wildman–Crippen MR) is 83.4 cm³/mol. The van der Waals surface area contributed by atoms with Gasteiger partial charge in [0.2, 0.25) is 0 Å². The molecule has 0 aliphatic heterocycles. The van der Waals surface area contributed by atoms with Gasteiger partial charge in [-0.25, -0.2) is 8.42 Å². The fourth-order valence-electron chi connectivity index (χ4n) is 2.05. The Morgan fingerprint density at radius 1 is 1.24 bits per heavy atom. The first-order valence-electron chi connectivity index (χ1n) is 6.87. The number of para-hydroxylation sites is 1. The summed E-state index contributed by atoms with van der Waals surface area (Å²) < 4.78 is 23.4. The van der Waals surface area contributed by atoms with E-state index in [-0.39, 0.29) is 22.3 Å². The van der Waals surface area contributed by atoms with Crippen molar-refractivity contribution in [1.29, 1.82) is 0 Å². The molecule has 0 bridgehead atoms. The lowest BCUT2D eigenvalue weighted by Crippen LogP contribution is -2.17. The van der Waals surface area contributed by atoms with Crippen molar-refractivity contribution >= 4 is 21.2 Å². The van der Waals surface area contributed by atoms with Gasteiger partial charge in [-0.15, -0.1) is 0 Å². The SMILES string of the molecule is CC(C)CCC(C)Nc1cccc(S(C)(=O)=O)c1[N+](=O)[O-]. The first-order chi connectivity index (χ1) is 9.62. The molecule has 0 heterocycles. The Morgan fingerprint density at radius 2 is 1.86 bits per heavy atom. The molecule has 1 unspecified atom stereocenters. The highest BCUT2D eigenvalue weighted by Crippen LogP contribution is 2.32. The van der Waals surface area contributed by atoms with Gasteiger partial charge in [0.25, 0.3) is 0 Å². The van der Waals surface area contributed by atoms with Crippen molar-refractivity contribution in [3.63, 3.8) is 0 Å². The standard InChI is InChI=1S/C14H22N2O4S/c1-10(2)8-9-11(3)15-12-6-5-7-13(21(4,19)20)14(12)16(17)18/h5-7,10-11,15H,8-9H2,1-4H3. The zero-order valence-corrected chi connectivity index (χ0v) is 13.6. The third-order valence-corrected chi connectivity index (χ3v) is 4.29. The molecule has 21 heavy (non-hydrogen) atoms. The first-order valence-corrected chi connectivity index (χ1v) is 8.76. The van der Waals surface area contributed by atoms with Crippen LogP contribution in [0.3, 0.4) is 0 Å². The zero-order valence-electron chi connectivity index (χ0n) is 12.8. The first kappa shape index (κ1) is 17.4. The minimum absolute atomic E-state index is 0.0286. The average molecular weight is 314 g/mol. The van der Waals surface area contributed by atoms with Crippen molar-refractivity contribution in [3.05, 3.63) is 28.3 Å². The number of rotatable bonds is 7. The topological polar surface area (TPSA) is 89.3 Å². The highest BCUT2D eigenvalue weighted by Gasteiger charge is 2.26. The van der Waals surface area contributed by atoms with Gasteiger partial charge >= 0.3 is 5.69 Å². The molecule has 0 aliphatic carbocycles. The van der Waals surface area contributed by atoms with Crippen LogP contribution in [0.15, 0.2) is 23.1 Å². The van der Waals surface area contributed by atoms with E-state index in [1.165, 1.54) is 12.1 Å². The van der Waals surface area contributed by atoms with Crippen LogP contribution in [0.4, 0.5) is 11.4 Å². The van der Waals surface area contributed by atoms with Crippen LogP contribution in [0.2, 0.25) is 0 Å². The van der Waals surface area contributed by atoms with E-state index in [2.05, 4.69) is 19.2 Å². The normalized spacial score (nSPS) is 13.2. The molecule has 6 nitrogen and oxygen atoms in total. The summed E-state index contributed by atoms with van der Waals surface area (Å²) >= 11 is 0. The fourth-order valence-corrected chi connectivity index (χ4v) is 2.91. The van der Waals surface area contributed by atoms with Crippen LogP contribution >= 0.6 is 0 Å². The van der Waals surface area contributed by atoms with E-state index < -0.39 is 14.8 Å². The molecular weight excluding hydrogens is 292 g/mol. The number of nitrogens with one attached hydrogen (secondary N) is 1. The van der Waals surface area contributed by atoms with Crippen molar-refractivity contribution in [3.8, 4) is 0 Å². The minimum Gasteiger partial charge on any atom is -0.377 e. The average Bonchev–Trinajstić information content (AvgIpc) is 2.34. The molecule has 0 radical (unpaired) electrons. The number of nitro benzene ring substituents is 1. The molecule has 0 saturated heterocycles. The van der Waals surface area contributed by atoms with Crippen LogP contribution in [0.1, 0.15) is 33.6 Å². The molecule has 1 aromatic rings. The lowest BCUT2D eigenvalue weighted by molar-refractivity contribution is -0.386. The smallest absolute Gasteiger partial charge is 0.310 e. The molecule has 1 rings (SSSR count). The van der Waals surface area contributed by atoms with E-state index >= 15 is 0 Å². The minimum atomic E-state index is -3.64. The molecule has 0 aliphatic rings. The molecule has 0 spiro atoms. The Balaban J connectivity index is 3.11. The molecule has 118 valence electrons. The summed E-state index contributed by atoms with van der Waals surface area (Å²) in [6, 6.07) is 4.35. The Bertz CT molecular complexity index is 611. The van der Waals surface area contributed by atoms with Crippen LogP contribution in [0, 0.1) is 16.0 Å². The van der Waals surface area contributed by atoms with Crippen molar-refractivity contribution < 1.29 is 13.3 Å². The lowest BCUT2D eigenvalue weighted by atomic mass is 10.0. The lowest BCUT2D eigenvalue weighted by Gasteiger charge is -2.17. The van der Waals surface area contributed by atoms with Crippen LogP contribution < -0.4 is 5.32 Å². The Hall–Kier alpha value is -1.63. The largest absolute Gasteiger partial charge is 0.377 e. The summed E-state index contributed by atoms with van der Waals surface area (Å²) in [7, 11) is -3.64. The Labute approximate surface area is 125 Å². The highest BCUT2D eigenvalue weighted by molar-refractivity contribution is 7.90. The molecular formula is C14H22N2O4S. The van der Waals surface area contributed by atoms with Crippen LogP contribution in [0.5, 0.6) is 0 Å². The summed E-state index contributed by atoms with van der Waals surface area (Å²) in [5.74, 6) is 0.548.